The van der Waals surface area contributed by atoms with Crippen LogP contribution >= 0.6 is 0 Å². The van der Waals surface area contributed by atoms with Crippen molar-refractivity contribution >= 4 is 0 Å². The van der Waals surface area contributed by atoms with Crippen LogP contribution in [0.25, 0.3) is 0 Å². The van der Waals surface area contributed by atoms with Gasteiger partial charge in [-0.25, -0.2) is 5.32 Å². The number of benzene rings is 2. The number of hydrogen-bond acceptors (Lipinski definition) is 1. The maximum Gasteiger partial charge on any atom is 0.0521 e. The molecule has 0 amide bonds. The van der Waals surface area contributed by atoms with Gasteiger partial charge >= 0.3 is 0 Å². The van der Waals surface area contributed by atoms with Gasteiger partial charge < -0.3 is 0 Å². The molecular weight excluding hydrogens is 268 g/mol. The second kappa shape index (κ2) is 7.08. The molecule has 1 aliphatic heterocycles. The summed E-state index contributed by atoms with van der Waals surface area (Å²) in [7, 11) is 0. The molecule has 115 valence electrons. The molecule has 0 aromatic heterocycles. The third-order valence-corrected chi connectivity index (χ3v) is 4.66. The van der Waals surface area contributed by atoms with Gasteiger partial charge in [0, 0.05) is 26.2 Å². The Labute approximate surface area is 134 Å². The van der Waals surface area contributed by atoms with E-state index in [1.54, 1.807) is 0 Å². The molecule has 2 aromatic carbocycles. The Morgan fingerprint density at radius 1 is 0.955 bits per heavy atom. The average molecular weight is 293 g/mol. The third kappa shape index (κ3) is 3.76. The third-order valence-electron chi connectivity index (χ3n) is 4.66. The first kappa shape index (κ1) is 15.3. The SMILES string of the molecule is CC[C@@]1(Cc2ccccc2)CN(Cc2ccccc2)CC[N]1. The highest BCUT2D eigenvalue weighted by molar-refractivity contribution is 5.19. The molecule has 2 aromatic rings. The molecule has 0 saturated carbocycles. The van der Waals surface area contributed by atoms with Crippen molar-refractivity contribution in [3.05, 3.63) is 71.8 Å². The molecule has 22 heavy (non-hydrogen) atoms. The fraction of sp³-hybridized carbons (Fsp3) is 0.400. The zero-order valence-electron chi connectivity index (χ0n) is 13.4. The molecule has 2 nitrogen and oxygen atoms in total. The van der Waals surface area contributed by atoms with Crippen LogP contribution in [0.15, 0.2) is 60.7 Å². The maximum atomic E-state index is 5.02. The van der Waals surface area contributed by atoms with Crippen LogP contribution in [0, 0.1) is 0 Å². The predicted octanol–water partition coefficient (Wildman–Crippen LogP) is 3.50. The lowest BCUT2D eigenvalue weighted by Gasteiger charge is -2.42. The predicted molar refractivity (Wildman–Crippen MR) is 91.9 cm³/mol. The van der Waals surface area contributed by atoms with Gasteiger partial charge in [0.1, 0.15) is 0 Å². The molecule has 1 heterocycles. The van der Waals surface area contributed by atoms with E-state index in [-0.39, 0.29) is 5.54 Å². The van der Waals surface area contributed by atoms with Crippen LogP contribution < -0.4 is 5.32 Å². The minimum atomic E-state index is 0.0778. The molecule has 1 aliphatic rings. The smallest absolute Gasteiger partial charge is 0.0521 e. The summed E-state index contributed by atoms with van der Waals surface area (Å²) in [6.07, 6.45) is 2.16. The Bertz CT molecular complexity index is 567. The van der Waals surface area contributed by atoms with Gasteiger partial charge in [-0.1, -0.05) is 67.6 Å². The van der Waals surface area contributed by atoms with Crippen LogP contribution in [-0.2, 0) is 13.0 Å². The van der Waals surface area contributed by atoms with Crippen LogP contribution in [0.1, 0.15) is 24.5 Å². The van der Waals surface area contributed by atoms with Crippen LogP contribution in [0.3, 0.4) is 0 Å². The summed E-state index contributed by atoms with van der Waals surface area (Å²) >= 11 is 0. The van der Waals surface area contributed by atoms with E-state index < -0.39 is 0 Å². The summed E-state index contributed by atoms with van der Waals surface area (Å²) < 4.78 is 0. The molecule has 1 atom stereocenters. The molecule has 1 fully saturated rings. The molecule has 0 spiro atoms. The monoisotopic (exact) mass is 293 g/mol. The maximum absolute atomic E-state index is 5.02. The Morgan fingerprint density at radius 3 is 2.23 bits per heavy atom. The number of rotatable bonds is 5. The fourth-order valence-electron chi connectivity index (χ4n) is 3.39. The van der Waals surface area contributed by atoms with E-state index in [0.29, 0.717) is 0 Å². The van der Waals surface area contributed by atoms with Crippen molar-refractivity contribution < 1.29 is 0 Å². The Balaban J connectivity index is 1.69. The van der Waals surface area contributed by atoms with Gasteiger partial charge in [-0.15, -0.1) is 0 Å². The highest BCUT2D eigenvalue weighted by Gasteiger charge is 2.34. The van der Waals surface area contributed by atoms with Crippen molar-refractivity contribution in [3.8, 4) is 0 Å². The van der Waals surface area contributed by atoms with Crippen molar-refractivity contribution in [3.63, 3.8) is 0 Å². The number of hydrogen-bond donors (Lipinski definition) is 0. The van der Waals surface area contributed by atoms with E-state index >= 15 is 0 Å². The van der Waals surface area contributed by atoms with E-state index in [0.717, 1.165) is 39.0 Å². The molecule has 1 saturated heterocycles. The normalized spacial score (nSPS) is 22.6. The summed E-state index contributed by atoms with van der Waals surface area (Å²) in [6, 6.07) is 21.6. The van der Waals surface area contributed by atoms with Crippen molar-refractivity contribution in [1.29, 1.82) is 0 Å². The van der Waals surface area contributed by atoms with Gasteiger partial charge in [0.2, 0.25) is 0 Å². The zero-order valence-corrected chi connectivity index (χ0v) is 13.4. The second-order valence-electron chi connectivity index (χ2n) is 6.32. The van der Waals surface area contributed by atoms with Crippen LogP contribution in [0.5, 0.6) is 0 Å². The standard InChI is InChI=1S/C20H25N2/c1-2-20(15-18-9-5-3-6-10-18)17-22(14-13-21-20)16-19-11-7-4-8-12-19/h3-12H,2,13-17H2,1H3/t20-/m1/s1. The van der Waals surface area contributed by atoms with Crippen LogP contribution in [0.2, 0.25) is 0 Å². The van der Waals surface area contributed by atoms with Crippen molar-refractivity contribution in [2.75, 3.05) is 19.6 Å². The fourth-order valence-corrected chi connectivity index (χ4v) is 3.39. The average Bonchev–Trinajstić information content (AvgIpc) is 2.57. The van der Waals surface area contributed by atoms with Crippen LogP contribution in [-0.4, -0.2) is 30.1 Å². The van der Waals surface area contributed by atoms with Crippen molar-refractivity contribution in [2.24, 2.45) is 0 Å². The molecule has 2 heteroatoms. The molecular formula is C20H25N2. The second-order valence-corrected chi connectivity index (χ2v) is 6.32. The highest BCUT2D eigenvalue weighted by Crippen LogP contribution is 2.24. The Kier molecular flexibility index (Phi) is 4.91. The Hall–Kier alpha value is -1.64. The zero-order chi connectivity index (χ0) is 15.3. The van der Waals surface area contributed by atoms with Gasteiger partial charge in [-0.2, -0.15) is 0 Å². The summed E-state index contributed by atoms with van der Waals surface area (Å²) in [5, 5.41) is 5.02. The minimum absolute atomic E-state index is 0.0778. The van der Waals surface area contributed by atoms with E-state index in [4.69, 9.17) is 5.32 Å². The lowest BCUT2D eigenvalue weighted by molar-refractivity contribution is 0.117. The summed E-state index contributed by atoms with van der Waals surface area (Å²) in [5.41, 5.74) is 2.87. The minimum Gasteiger partial charge on any atom is -0.296 e. The summed E-state index contributed by atoms with van der Waals surface area (Å²) in [4.78, 5) is 2.56. The highest BCUT2D eigenvalue weighted by atomic mass is 15.2. The first-order valence-corrected chi connectivity index (χ1v) is 8.28. The van der Waals surface area contributed by atoms with Gasteiger partial charge in [-0.3, -0.25) is 4.90 Å². The Morgan fingerprint density at radius 2 is 1.59 bits per heavy atom. The first-order chi connectivity index (χ1) is 10.8. The lowest BCUT2D eigenvalue weighted by atomic mass is 9.86. The van der Waals surface area contributed by atoms with Gasteiger partial charge in [0.05, 0.1) is 5.54 Å². The molecule has 0 unspecified atom stereocenters. The lowest BCUT2D eigenvalue weighted by Crippen LogP contribution is -2.57. The van der Waals surface area contributed by atoms with E-state index in [2.05, 4.69) is 72.5 Å². The molecule has 1 radical (unpaired) electrons. The largest absolute Gasteiger partial charge is 0.296 e. The van der Waals surface area contributed by atoms with E-state index in [1.165, 1.54) is 11.1 Å². The van der Waals surface area contributed by atoms with E-state index in [9.17, 15) is 0 Å². The molecule has 0 bridgehead atoms. The van der Waals surface area contributed by atoms with E-state index in [1.807, 2.05) is 0 Å². The quantitative estimate of drug-likeness (QED) is 0.825. The van der Waals surface area contributed by atoms with Crippen LogP contribution in [0.4, 0.5) is 0 Å². The van der Waals surface area contributed by atoms with Gasteiger partial charge in [-0.05, 0) is 24.0 Å². The van der Waals surface area contributed by atoms with Crippen molar-refractivity contribution in [1.82, 2.24) is 10.2 Å². The van der Waals surface area contributed by atoms with Crippen molar-refractivity contribution in [2.45, 2.75) is 31.8 Å². The molecule has 0 aliphatic carbocycles. The topological polar surface area (TPSA) is 17.3 Å². The number of piperazine rings is 1. The molecule has 3 rings (SSSR count). The van der Waals surface area contributed by atoms with Gasteiger partial charge in [0.15, 0.2) is 0 Å². The summed E-state index contributed by atoms with van der Waals surface area (Å²) in [6.45, 7) is 6.40. The van der Waals surface area contributed by atoms with Gasteiger partial charge in [0.25, 0.3) is 0 Å². The number of nitrogens with zero attached hydrogens (tertiary/aromatic N) is 2. The molecule has 0 N–H and O–H groups in total. The first-order valence-electron chi connectivity index (χ1n) is 8.28. The summed E-state index contributed by atoms with van der Waals surface area (Å²) in [5.74, 6) is 0.